The smallest absolute Gasteiger partial charge is 0.407 e. The third-order valence-corrected chi connectivity index (χ3v) is 7.48. The van der Waals surface area contributed by atoms with E-state index in [4.69, 9.17) is 14.2 Å². The second kappa shape index (κ2) is 17.2. The predicted octanol–water partition coefficient (Wildman–Crippen LogP) is 4.61. The van der Waals surface area contributed by atoms with E-state index in [0.29, 0.717) is 12.4 Å². The van der Waals surface area contributed by atoms with E-state index in [1.165, 1.54) is 12.7 Å². The van der Waals surface area contributed by atoms with Crippen molar-refractivity contribution in [2.75, 3.05) is 57.0 Å². The first-order chi connectivity index (χ1) is 23.7. The van der Waals surface area contributed by atoms with E-state index in [9.17, 15) is 14.4 Å². The Morgan fingerprint density at radius 3 is 2.20 bits per heavy atom. The second-order valence-corrected chi connectivity index (χ2v) is 14.1. The molecule has 1 aliphatic rings. The van der Waals surface area contributed by atoms with Gasteiger partial charge in [0.1, 0.15) is 23.1 Å². The molecule has 14 nitrogen and oxygen atoms in total. The molecule has 3 N–H and O–H groups in total. The van der Waals surface area contributed by atoms with Gasteiger partial charge < -0.3 is 30.2 Å². The Kier molecular flexibility index (Phi) is 13.1. The Balaban J connectivity index is 1.30. The first-order valence-corrected chi connectivity index (χ1v) is 16.8. The van der Waals surface area contributed by atoms with E-state index in [1.807, 2.05) is 45.0 Å². The molecule has 0 aliphatic carbocycles. The van der Waals surface area contributed by atoms with Crippen molar-refractivity contribution in [2.24, 2.45) is 0 Å². The van der Waals surface area contributed by atoms with Gasteiger partial charge in [-0.3, -0.25) is 14.6 Å². The molecule has 1 saturated heterocycles. The topological polar surface area (TPSA) is 160 Å². The molecule has 1 aliphatic heterocycles. The molecule has 0 saturated carbocycles. The number of nitrogens with one attached hydrogen (secondary N) is 3. The quantitative estimate of drug-likeness (QED) is 0.169. The molecule has 50 heavy (non-hydrogen) atoms. The van der Waals surface area contributed by atoms with E-state index >= 15 is 0 Å². The number of hydrogen-bond acceptors (Lipinski definition) is 13. The maximum Gasteiger partial charge on any atom is 0.407 e. The van der Waals surface area contributed by atoms with Crippen LogP contribution in [0.25, 0.3) is 11.1 Å². The van der Waals surface area contributed by atoms with Crippen LogP contribution >= 0.6 is 0 Å². The molecule has 270 valence electrons. The van der Waals surface area contributed by atoms with Crippen molar-refractivity contribution in [1.29, 1.82) is 0 Å². The van der Waals surface area contributed by atoms with E-state index in [2.05, 4.69) is 52.8 Å². The highest BCUT2D eigenvalue weighted by atomic mass is 16.6. The monoisotopic (exact) mass is 690 g/mol. The third kappa shape index (κ3) is 12.9. The fraction of sp³-hybridized carbons (Fsp3) is 0.500. The summed E-state index contributed by atoms with van der Waals surface area (Å²) in [5, 5.41) is 9.03. The number of alkyl carbamates (subject to hydrolysis) is 1. The minimum atomic E-state index is -0.776. The minimum Gasteiger partial charge on any atom is -0.467 e. The molecule has 4 rings (SSSR count). The molecule has 2 aromatic heterocycles. The molecule has 1 fully saturated rings. The van der Waals surface area contributed by atoms with E-state index in [0.717, 1.165) is 49.5 Å². The van der Waals surface area contributed by atoms with Crippen LogP contribution in [0, 0.1) is 0 Å². The van der Waals surface area contributed by atoms with Gasteiger partial charge in [-0.25, -0.2) is 24.5 Å². The number of amides is 1. The number of nitrogens with zero attached hydrogens (tertiary/aromatic N) is 5. The third-order valence-electron chi connectivity index (χ3n) is 7.48. The van der Waals surface area contributed by atoms with Crippen LogP contribution in [0.2, 0.25) is 0 Å². The van der Waals surface area contributed by atoms with Crippen LogP contribution in [0.15, 0.2) is 55.0 Å². The van der Waals surface area contributed by atoms with Gasteiger partial charge >= 0.3 is 18.0 Å². The highest BCUT2D eigenvalue weighted by Crippen LogP contribution is 2.24. The molecule has 1 aromatic carbocycles. The number of rotatable bonds is 13. The highest BCUT2D eigenvalue weighted by molar-refractivity contribution is 5.78. The lowest BCUT2D eigenvalue weighted by atomic mass is 10.1. The standard InChI is InChI=1S/C36H50N8O6/c1-35(2,3)49-31(45)24-44-17-15-43(16-18-44)23-25-9-8-10-28(19-25)41-30-20-26(11-13-37-30)27-21-39-33(40-22-27)42-29(32(46)48-7)12-14-38-34(47)50-36(4,5)6/h8-11,13,19-22,29H,12,14-18,23-24H2,1-7H3,(H,37,41)(H,38,47)(H,39,40,42). The molecule has 0 bridgehead atoms. The van der Waals surface area contributed by atoms with Gasteiger partial charge in [0.15, 0.2) is 0 Å². The maximum absolute atomic E-state index is 12.4. The van der Waals surface area contributed by atoms with Crippen LogP contribution in [0.1, 0.15) is 53.5 Å². The average Bonchev–Trinajstić information content (AvgIpc) is 3.04. The van der Waals surface area contributed by atoms with Gasteiger partial charge in [-0.1, -0.05) is 12.1 Å². The predicted molar refractivity (Wildman–Crippen MR) is 191 cm³/mol. The largest absolute Gasteiger partial charge is 0.467 e. The van der Waals surface area contributed by atoms with Crippen LogP contribution in [0.4, 0.5) is 22.2 Å². The van der Waals surface area contributed by atoms with E-state index in [1.54, 1.807) is 39.4 Å². The molecule has 3 aromatic rings. The van der Waals surface area contributed by atoms with Crippen molar-refractivity contribution in [3.05, 3.63) is 60.6 Å². The number of piperazine rings is 1. The number of hydrogen-bond donors (Lipinski definition) is 3. The number of pyridine rings is 1. The average molecular weight is 691 g/mol. The summed E-state index contributed by atoms with van der Waals surface area (Å²) in [7, 11) is 1.30. The Labute approximate surface area is 294 Å². The number of ether oxygens (including phenoxy) is 3. The summed E-state index contributed by atoms with van der Waals surface area (Å²) in [6.45, 7) is 15.7. The lowest BCUT2D eigenvalue weighted by Crippen LogP contribution is -2.48. The lowest BCUT2D eigenvalue weighted by molar-refractivity contribution is -0.156. The molecule has 1 unspecified atom stereocenters. The summed E-state index contributed by atoms with van der Waals surface area (Å²) in [5.41, 5.74) is 2.62. The second-order valence-electron chi connectivity index (χ2n) is 14.1. The normalized spacial score (nSPS) is 14.7. The zero-order valence-corrected chi connectivity index (χ0v) is 30.1. The molecule has 14 heteroatoms. The lowest BCUT2D eigenvalue weighted by Gasteiger charge is -2.34. The summed E-state index contributed by atoms with van der Waals surface area (Å²) < 4.78 is 15.6. The van der Waals surface area contributed by atoms with Gasteiger partial charge in [0.2, 0.25) is 5.95 Å². The van der Waals surface area contributed by atoms with Crippen molar-refractivity contribution < 1.29 is 28.6 Å². The van der Waals surface area contributed by atoms with Gasteiger partial charge in [-0.2, -0.15) is 0 Å². The molecule has 1 atom stereocenters. The van der Waals surface area contributed by atoms with E-state index < -0.39 is 29.3 Å². The Morgan fingerprint density at radius 1 is 0.860 bits per heavy atom. The van der Waals surface area contributed by atoms with Crippen LogP contribution < -0.4 is 16.0 Å². The summed E-state index contributed by atoms with van der Waals surface area (Å²) >= 11 is 0. The maximum atomic E-state index is 12.4. The highest BCUT2D eigenvalue weighted by Gasteiger charge is 2.24. The van der Waals surface area contributed by atoms with Crippen molar-refractivity contribution in [1.82, 2.24) is 30.1 Å². The van der Waals surface area contributed by atoms with Crippen molar-refractivity contribution >= 4 is 35.5 Å². The van der Waals surface area contributed by atoms with E-state index in [-0.39, 0.29) is 24.9 Å². The van der Waals surface area contributed by atoms with Crippen LogP contribution in [0.5, 0.6) is 0 Å². The molecule has 3 heterocycles. The molecular weight excluding hydrogens is 640 g/mol. The SMILES string of the molecule is COC(=O)C(CCNC(=O)OC(C)(C)C)Nc1ncc(-c2ccnc(Nc3cccc(CN4CCN(CC(=O)OC(C)(C)C)CC4)c3)c2)cn1. The number of methoxy groups -OCH3 is 1. The van der Waals surface area contributed by atoms with Gasteiger partial charge in [-0.15, -0.1) is 0 Å². The van der Waals surface area contributed by atoms with Crippen molar-refractivity contribution in [2.45, 2.75) is 71.8 Å². The number of carbonyl (C=O) groups excluding carboxylic acids is 3. The zero-order chi connectivity index (χ0) is 36.3. The molecule has 0 spiro atoms. The van der Waals surface area contributed by atoms with Crippen LogP contribution in [-0.4, -0.2) is 106 Å². The van der Waals surface area contributed by atoms with Crippen molar-refractivity contribution in [3.8, 4) is 11.1 Å². The first-order valence-electron chi connectivity index (χ1n) is 16.8. The minimum absolute atomic E-state index is 0.184. The number of anilines is 3. The van der Waals surface area contributed by atoms with Gasteiger partial charge in [0, 0.05) is 69.1 Å². The molecule has 1 amide bonds. The Morgan fingerprint density at radius 2 is 1.54 bits per heavy atom. The number of aromatic nitrogens is 3. The Bertz CT molecular complexity index is 1580. The van der Waals surface area contributed by atoms with Crippen LogP contribution in [-0.2, 0) is 30.3 Å². The summed E-state index contributed by atoms with van der Waals surface area (Å²) in [5.74, 6) is 0.224. The fourth-order valence-electron chi connectivity index (χ4n) is 5.23. The number of benzene rings is 1. The van der Waals surface area contributed by atoms with Crippen molar-refractivity contribution in [3.63, 3.8) is 0 Å². The number of carbonyl (C=O) groups is 3. The summed E-state index contributed by atoms with van der Waals surface area (Å²) in [6, 6.07) is 11.3. The first kappa shape index (κ1) is 38.0. The Hall–Kier alpha value is -4.82. The molecular formula is C36H50N8O6. The number of esters is 2. The van der Waals surface area contributed by atoms with Gasteiger partial charge in [-0.05, 0) is 83.4 Å². The van der Waals surface area contributed by atoms with Gasteiger partial charge in [0.25, 0.3) is 0 Å². The molecule has 0 radical (unpaired) electrons. The summed E-state index contributed by atoms with van der Waals surface area (Å²) in [4.78, 5) is 54.4. The summed E-state index contributed by atoms with van der Waals surface area (Å²) in [6.07, 6.45) is 4.72. The zero-order valence-electron chi connectivity index (χ0n) is 30.1. The van der Waals surface area contributed by atoms with Gasteiger partial charge in [0.05, 0.1) is 13.7 Å². The fourth-order valence-corrected chi connectivity index (χ4v) is 5.23. The van der Waals surface area contributed by atoms with Crippen LogP contribution in [0.3, 0.4) is 0 Å².